The van der Waals surface area contributed by atoms with Crippen molar-refractivity contribution in [2.24, 2.45) is 5.92 Å². The van der Waals surface area contributed by atoms with E-state index in [4.69, 9.17) is 9.47 Å². The van der Waals surface area contributed by atoms with Crippen molar-refractivity contribution in [3.63, 3.8) is 0 Å². The van der Waals surface area contributed by atoms with Crippen LogP contribution in [0.15, 0.2) is 35.5 Å². The van der Waals surface area contributed by atoms with E-state index in [-0.39, 0.29) is 24.5 Å². The summed E-state index contributed by atoms with van der Waals surface area (Å²) in [6, 6.07) is 6.73. The maximum atomic E-state index is 12.9. The van der Waals surface area contributed by atoms with Gasteiger partial charge in [0.1, 0.15) is 0 Å². The van der Waals surface area contributed by atoms with Crippen molar-refractivity contribution >= 4 is 18.0 Å². The molecule has 2 aliphatic heterocycles. The summed E-state index contributed by atoms with van der Waals surface area (Å²) in [5.74, 6) is -0.862. The highest BCUT2D eigenvalue weighted by Gasteiger charge is 2.35. The third kappa shape index (κ3) is 5.64. The molecule has 0 unspecified atom stereocenters. The maximum Gasteiger partial charge on any atom is 0.338 e. The zero-order valence-corrected chi connectivity index (χ0v) is 18.4. The molecule has 1 aromatic rings. The molecule has 8 nitrogen and oxygen atoms in total. The molecule has 0 bridgehead atoms. The number of benzene rings is 1. The minimum absolute atomic E-state index is 0.196. The van der Waals surface area contributed by atoms with E-state index in [0.717, 1.165) is 30.5 Å². The molecule has 1 aromatic carbocycles. The number of aryl methyl sites for hydroxylation is 1. The molecule has 2 N–H and O–H groups in total. The summed E-state index contributed by atoms with van der Waals surface area (Å²) < 4.78 is 10.5. The quantitative estimate of drug-likeness (QED) is 0.647. The second kappa shape index (κ2) is 10.4. The van der Waals surface area contributed by atoms with Gasteiger partial charge in [-0.3, -0.25) is 9.69 Å². The van der Waals surface area contributed by atoms with Gasteiger partial charge >= 0.3 is 18.0 Å². The van der Waals surface area contributed by atoms with E-state index >= 15 is 0 Å². The van der Waals surface area contributed by atoms with Gasteiger partial charge in [-0.1, -0.05) is 29.8 Å². The van der Waals surface area contributed by atoms with Crippen LogP contribution in [-0.4, -0.2) is 55.7 Å². The summed E-state index contributed by atoms with van der Waals surface area (Å²) in [5, 5.41) is 5.66. The fourth-order valence-electron chi connectivity index (χ4n) is 4.08. The van der Waals surface area contributed by atoms with Crippen molar-refractivity contribution in [3.05, 3.63) is 46.7 Å². The number of likely N-dealkylation sites (tertiary alicyclic amines) is 1. The molecule has 2 heterocycles. The highest BCUT2D eigenvalue weighted by Crippen LogP contribution is 2.29. The third-order valence-electron chi connectivity index (χ3n) is 5.57. The van der Waals surface area contributed by atoms with Gasteiger partial charge in [0, 0.05) is 18.8 Å². The minimum Gasteiger partial charge on any atom is -0.466 e. The number of carbonyl (C=O) groups is 3. The SMILES string of the molecule is CCOC(=O)C1=C(CN2CCC[C@@H](C(=O)OCC)C2)NC(=O)N[C@@H]1c1ccc(C)cc1. The van der Waals surface area contributed by atoms with Crippen LogP contribution in [0.2, 0.25) is 0 Å². The molecule has 1 saturated heterocycles. The van der Waals surface area contributed by atoms with Gasteiger partial charge in [0.25, 0.3) is 0 Å². The number of esters is 2. The number of nitrogens with one attached hydrogen (secondary N) is 2. The van der Waals surface area contributed by atoms with Crippen LogP contribution < -0.4 is 10.6 Å². The lowest BCUT2D eigenvalue weighted by atomic mass is 9.93. The summed E-state index contributed by atoms with van der Waals surface area (Å²) in [6.45, 7) is 7.76. The Kier molecular flexibility index (Phi) is 7.68. The van der Waals surface area contributed by atoms with E-state index in [0.29, 0.717) is 31.0 Å². The first-order valence-corrected chi connectivity index (χ1v) is 10.9. The monoisotopic (exact) mass is 429 g/mol. The molecule has 0 spiro atoms. The van der Waals surface area contributed by atoms with Gasteiger partial charge in [-0.05, 0) is 45.7 Å². The number of urea groups is 1. The molecular weight excluding hydrogens is 398 g/mol. The number of amides is 2. The number of hydrogen-bond donors (Lipinski definition) is 2. The summed E-state index contributed by atoms with van der Waals surface area (Å²) in [6.07, 6.45) is 1.62. The molecule has 2 amide bonds. The van der Waals surface area contributed by atoms with Gasteiger partial charge in [-0.2, -0.15) is 0 Å². The minimum atomic E-state index is -0.603. The summed E-state index contributed by atoms with van der Waals surface area (Å²) >= 11 is 0. The second-order valence-electron chi connectivity index (χ2n) is 7.88. The number of hydrogen-bond acceptors (Lipinski definition) is 6. The average Bonchev–Trinajstić information content (AvgIpc) is 2.74. The van der Waals surface area contributed by atoms with Gasteiger partial charge in [-0.25, -0.2) is 9.59 Å². The summed E-state index contributed by atoms with van der Waals surface area (Å²) in [7, 11) is 0. The standard InChI is InChI=1S/C23H31N3O5/c1-4-30-21(27)17-7-6-12-26(13-17)14-18-19(22(28)31-5-2)20(25-23(29)24-18)16-10-8-15(3)9-11-16/h8-11,17,20H,4-7,12-14H2,1-3H3,(H2,24,25,29)/t17-,20-/m1/s1. The Bertz CT molecular complexity index is 849. The third-order valence-corrected chi connectivity index (χ3v) is 5.57. The number of rotatable bonds is 7. The molecule has 31 heavy (non-hydrogen) atoms. The number of nitrogens with zero attached hydrogens (tertiary/aromatic N) is 1. The van der Waals surface area contributed by atoms with Crippen molar-refractivity contribution in [1.29, 1.82) is 0 Å². The fraction of sp³-hybridized carbons (Fsp3) is 0.522. The predicted molar refractivity (Wildman–Crippen MR) is 115 cm³/mol. The first-order valence-electron chi connectivity index (χ1n) is 10.9. The second-order valence-corrected chi connectivity index (χ2v) is 7.88. The number of carbonyl (C=O) groups excluding carboxylic acids is 3. The first-order chi connectivity index (χ1) is 14.9. The Morgan fingerprint density at radius 2 is 1.84 bits per heavy atom. The molecular formula is C23H31N3O5. The summed E-state index contributed by atoms with van der Waals surface area (Å²) in [4.78, 5) is 39.6. The molecule has 0 aromatic heterocycles. The van der Waals surface area contributed by atoms with Crippen molar-refractivity contribution in [2.45, 2.75) is 39.7 Å². The van der Waals surface area contributed by atoms with Crippen LogP contribution in [-0.2, 0) is 19.1 Å². The Morgan fingerprint density at radius 3 is 2.52 bits per heavy atom. The van der Waals surface area contributed by atoms with E-state index in [1.165, 1.54) is 0 Å². The Balaban J connectivity index is 1.89. The van der Waals surface area contributed by atoms with Gasteiger partial charge in [0.2, 0.25) is 0 Å². The molecule has 3 rings (SSSR count). The molecule has 168 valence electrons. The van der Waals surface area contributed by atoms with Crippen LogP contribution in [0.4, 0.5) is 4.79 Å². The van der Waals surface area contributed by atoms with E-state index < -0.39 is 12.0 Å². The molecule has 0 saturated carbocycles. The lowest BCUT2D eigenvalue weighted by molar-refractivity contribution is -0.150. The van der Waals surface area contributed by atoms with Crippen molar-refractivity contribution in [1.82, 2.24) is 15.5 Å². The molecule has 8 heteroatoms. The van der Waals surface area contributed by atoms with E-state index in [1.807, 2.05) is 31.2 Å². The van der Waals surface area contributed by atoms with Crippen molar-refractivity contribution in [2.75, 3.05) is 32.8 Å². The topological polar surface area (TPSA) is 97.0 Å². The normalized spacial score (nSPS) is 21.8. The Labute approximate surface area is 183 Å². The van der Waals surface area contributed by atoms with Gasteiger partial charge in [-0.15, -0.1) is 0 Å². The smallest absolute Gasteiger partial charge is 0.338 e. The van der Waals surface area contributed by atoms with Gasteiger partial charge in [0.15, 0.2) is 0 Å². The van der Waals surface area contributed by atoms with Crippen LogP contribution in [0, 0.1) is 12.8 Å². The largest absolute Gasteiger partial charge is 0.466 e. The van der Waals surface area contributed by atoms with Crippen LogP contribution in [0.5, 0.6) is 0 Å². The lowest BCUT2D eigenvalue weighted by Crippen LogP contribution is -2.50. The Morgan fingerprint density at radius 1 is 1.13 bits per heavy atom. The first kappa shape index (κ1) is 22.8. The fourth-order valence-corrected chi connectivity index (χ4v) is 4.08. The van der Waals surface area contributed by atoms with Gasteiger partial charge in [0.05, 0.1) is 30.7 Å². The lowest BCUT2D eigenvalue weighted by Gasteiger charge is -2.35. The van der Waals surface area contributed by atoms with Crippen LogP contribution >= 0.6 is 0 Å². The average molecular weight is 430 g/mol. The van der Waals surface area contributed by atoms with Crippen LogP contribution in [0.3, 0.4) is 0 Å². The molecule has 2 atom stereocenters. The van der Waals surface area contributed by atoms with Crippen molar-refractivity contribution in [3.8, 4) is 0 Å². The molecule has 2 aliphatic rings. The van der Waals surface area contributed by atoms with Gasteiger partial charge < -0.3 is 20.1 Å². The zero-order chi connectivity index (χ0) is 22.4. The zero-order valence-electron chi connectivity index (χ0n) is 18.4. The molecule has 0 aliphatic carbocycles. The van der Waals surface area contributed by atoms with Crippen LogP contribution in [0.25, 0.3) is 0 Å². The maximum absolute atomic E-state index is 12.9. The predicted octanol–water partition coefficient (Wildman–Crippen LogP) is 2.44. The highest BCUT2D eigenvalue weighted by molar-refractivity contribution is 5.95. The van der Waals surface area contributed by atoms with Crippen LogP contribution in [0.1, 0.15) is 43.9 Å². The molecule has 1 fully saturated rings. The van der Waals surface area contributed by atoms with E-state index in [1.54, 1.807) is 13.8 Å². The molecule has 0 radical (unpaired) electrons. The summed E-state index contributed by atoms with van der Waals surface area (Å²) in [5.41, 5.74) is 2.80. The van der Waals surface area contributed by atoms with E-state index in [2.05, 4.69) is 15.5 Å². The highest BCUT2D eigenvalue weighted by atomic mass is 16.5. The van der Waals surface area contributed by atoms with E-state index in [9.17, 15) is 14.4 Å². The number of ether oxygens (including phenoxy) is 2. The Hall–Kier alpha value is -2.87. The number of piperidine rings is 1. The van der Waals surface area contributed by atoms with Crippen molar-refractivity contribution < 1.29 is 23.9 Å².